The van der Waals surface area contributed by atoms with E-state index >= 15 is 0 Å². The summed E-state index contributed by atoms with van der Waals surface area (Å²) in [7, 11) is 0. The van der Waals surface area contributed by atoms with Gasteiger partial charge in [-0.15, -0.1) is 0 Å². The van der Waals surface area contributed by atoms with E-state index in [1.54, 1.807) is 0 Å². The van der Waals surface area contributed by atoms with Crippen molar-refractivity contribution in [2.24, 2.45) is 0 Å². The topological polar surface area (TPSA) is 12.0 Å². The fourth-order valence-corrected chi connectivity index (χ4v) is 1.69. The smallest absolute Gasteiger partial charge is 0.0406 e. The van der Waals surface area contributed by atoms with Crippen molar-refractivity contribution >= 4 is 23.4 Å². The van der Waals surface area contributed by atoms with Crippen molar-refractivity contribution in [3.8, 4) is 0 Å². The SMILES string of the molecule is CSC(C)(C)CNC(C)c1ccc(Cl)cc1. The molecule has 90 valence electrons. The van der Waals surface area contributed by atoms with Crippen molar-refractivity contribution < 1.29 is 0 Å². The van der Waals surface area contributed by atoms with Crippen LogP contribution in [0.15, 0.2) is 24.3 Å². The van der Waals surface area contributed by atoms with Crippen molar-refractivity contribution in [3.63, 3.8) is 0 Å². The fourth-order valence-electron chi connectivity index (χ4n) is 1.34. The first-order chi connectivity index (χ1) is 7.44. The van der Waals surface area contributed by atoms with E-state index < -0.39 is 0 Å². The predicted octanol–water partition coefficient (Wildman–Crippen LogP) is 4.13. The second kappa shape index (κ2) is 5.95. The first kappa shape index (κ1) is 13.9. The zero-order valence-corrected chi connectivity index (χ0v) is 12.0. The van der Waals surface area contributed by atoms with Crippen LogP contribution in [0.4, 0.5) is 0 Å². The minimum Gasteiger partial charge on any atom is -0.309 e. The number of halogens is 1. The molecule has 0 heterocycles. The van der Waals surface area contributed by atoms with Gasteiger partial charge >= 0.3 is 0 Å². The van der Waals surface area contributed by atoms with E-state index in [4.69, 9.17) is 11.6 Å². The highest BCUT2D eigenvalue weighted by Gasteiger charge is 2.16. The summed E-state index contributed by atoms with van der Waals surface area (Å²) in [5.74, 6) is 0. The molecule has 0 aliphatic rings. The Morgan fingerprint density at radius 2 is 1.88 bits per heavy atom. The molecule has 1 aromatic carbocycles. The molecule has 1 unspecified atom stereocenters. The summed E-state index contributed by atoms with van der Waals surface area (Å²) >= 11 is 7.75. The molecule has 1 aromatic rings. The van der Waals surface area contributed by atoms with E-state index in [2.05, 4.69) is 44.5 Å². The minimum absolute atomic E-state index is 0.278. The summed E-state index contributed by atoms with van der Waals surface area (Å²) in [5, 5.41) is 4.34. The van der Waals surface area contributed by atoms with Crippen LogP contribution >= 0.6 is 23.4 Å². The number of nitrogens with one attached hydrogen (secondary N) is 1. The summed E-state index contributed by atoms with van der Waals surface area (Å²) in [4.78, 5) is 0. The molecule has 0 radical (unpaired) electrons. The Morgan fingerprint density at radius 3 is 2.38 bits per heavy atom. The predicted molar refractivity (Wildman–Crippen MR) is 75.5 cm³/mol. The zero-order valence-electron chi connectivity index (χ0n) is 10.4. The number of rotatable bonds is 5. The van der Waals surface area contributed by atoms with Crippen molar-refractivity contribution in [2.45, 2.75) is 31.6 Å². The highest BCUT2D eigenvalue weighted by Crippen LogP contribution is 2.22. The lowest BCUT2D eigenvalue weighted by molar-refractivity contribution is 0.522. The largest absolute Gasteiger partial charge is 0.309 e. The van der Waals surface area contributed by atoms with Gasteiger partial charge in [0, 0.05) is 22.4 Å². The Morgan fingerprint density at radius 1 is 1.31 bits per heavy atom. The molecule has 0 amide bonds. The molecule has 3 heteroatoms. The van der Waals surface area contributed by atoms with E-state index in [1.165, 1.54) is 5.56 Å². The lowest BCUT2D eigenvalue weighted by Gasteiger charge is -2.25. The Balaban J connectivity index is 2.53. The van der Waals surface area contributed by atoms with Gasteiger partial charge in [0.05, 0.1) is 0 Å². The molecule has 16 heavy (non-hydrogen) atoms. The Hall–Kier alpha value is -0.180. The molecule has 0 fully saturated rings. The number of thioether (sulfide) groups is 1. The maximum absolute atomic E-state index is 5.86. The van der Waals surface area contributed by atoms with E-state index in [1.807, 2.05) is 23.9 Å². The average molecular weight is 258 g/mol. The Labute approximate surface area is 108 Å². The number of hydrogen-bond donors (Lipinski definition) is 1. The molecule has 1 nitrogen and oxygen atoms in total. The second-order valence-electron chi connectivity index (χ2n) is 4.62. The maximum atomic E-state index is 5.86. The van der Waals surface area contributed by atoms with E-state index in [0.29, 0.717) is 6.04 Å². The van der Waals surface area contributed by atoms with Crippen LogP contribution in [0, 0.1) is 0 Å². The molecule has 1 N–H and O–H groups in total. The van der Waals surface area contributed by atoms with Crippen LogP contribution in [-0.2, 0) is 0 Å². The van der Waals surface area contributed by atoms with Gasteiger partial charge in [-0.2, -0.15) is 11.8 Å². The molecule has 0 spiro atoms. The van der Waals surface area contributed by atoms with Gasteiger partial charge in [0.2, 0.25) is 0 Å². The highest BCUT2D eigenvalue weighted by atomic mass is 35.5. The van der Waals surface area contributed by atoms with Crippen LogP contribution in [-0.4, -0.2) is 17.5 Å². The minimum atomic E-state index is 0.278. The summed E-state index contributed by atoms with van der Waals surface area (Å²) in [6.07, 6.45) is 2.15. The lowest BCUT2D eigenvalue weighted by Crippen LogP contribution is -2.33. The molecular formula is C13H20ClNS. The number of benzene rings is 1. The number of hydrogen-bond acceptors (Lipinski definition) is 2. The molecule has 0 aromatic heterocycles. The van der Waals surface area contributed by atoms with Gasteiger partial charge in [0.15, 0.2) is 0 Å². The van der Waals surface area contributed by atoms with Crippen LogP contribution in [0.1, 0.15) is 32.4 Å². The van der Waals surface area contributed by atoms with Crippen molar-refractivity contribution in [1.29, 1.82) is 0 Å². The monoisotopic (exact) mass is 257 g/mol. The molecule has 1 atom stereocenters. The van der Waals surface area contributed by atoms with Gasteiger partial charge in [-0.3, -0.25) is 0 Å². The van der Waals surface area contributed by atoms with Gasteiger partial charge < -0.3 is 5.32 Å². The van der Waals surface area contributed by atoms with Crippen LogP contribution in [0.2, 0.25) is 5.02 Å². The van der Waals surface area contributed by atoms with E-state index in [-0.39, 0.29) is 4.75 Å². The van der Waals surface area contributed by atoms with Crippen molar-refractivity contribution in [3.05, 3.63) is 34.9 Å². The van der Waals surface area contributed by atoms with Crippen molar-refractivity contribution in [2.75, 3.05) is 12.8 Å². The van der Waals surface area contributed by atoms with Gasteiger partial charge in [0.1, 0.15) is 0 Å². The highest BCUT2D eigenvalue weighted by molar-refractivity contribution is 7.99. The zero-order chi connectivity index (χ0) is 12.2. The average Bonchev–Trinajstić information content (AvgIpc) is 2.27. The van der Waals surface area contributed by atoms with Crippen LogP contribution in [0.3, 0.4) is 0 Å². The Kier molecular flexibility index (Phi) is 5.16. The van der Waals surface area contributed by atoms with E-state index in [0.717, 1.165) is 11.6 Å². The third-order valence-corrected chi connectivity index (χ3v) is 4.26. The molecule has 0 saturated carbocycles. The summed E-state index contributed by atoms with van der Waals surface area (Å²) < 4.78 is 0.278. The van der Waals surface area contributed by atoms with Gasteiger partial charge in [-0.1, -0.05) is 23.7 Å². The molecule has 0 aliphatic carbocycles. The standard InChI is InChI=1S/C13H20ClNS/c1-10(15-9-13(2,3)16-4)11-5-7-12(14)8-6-11/h5-8,10,15H,9H2,1-4H3. The van der Waals surface area contributed by atoms with Gasteiger partial charge in [-0.25, -0.2) is 0 Å². The van der Waals surface area contributed by atoms with Gasteiger partial charge in [-0.05, 0) is 44.7 Å². The fraction of sp³-hybridized carbons (Fsp3) is 0.538. The van der Waals surface area contributed by atoms with E-state index in [9.17, 15) is 0 Å². The Bertz CT molecular complexity index is 321. The third-order valence-electron chi connectivity index (χ3n) is 2.76. The first-order valence-electron chi connectivity index (χ1n) is 5.48. The van der Waals surface area contributed by atoms with Gasteiger partial charge in [0.25, 0.3) is 0 Å². The quantitative estimate of drug-likeness (QED) is 0.851. The second-order valence-corrected chi connectivity index (χ2v) is 6.57. The summed E-state index contributed by atoms with van der Waals surface area (Å²) in [6.45, 7) is 7.68. The third kappa shape index (κ3) is 4.36. The van der Waals surface area contributed by atoms with Crippen LogP contribution in [0.25, 0.3) is 0 Å². The summed E-state index contributed by atoms with van der Waals surface area (Å²) in [5.41, 5.74) is 1.28. The van der Waals surface area contributed by atoms with Crippen molar-refractivity contribution in [1.82, 2.24) is 5.32 Å². The molecule has 0 aliphatic heterocycles. The molecule has 0 saturated heterocycles. The van der Waals surface area contributed by atoms with Crippen LogP contribution < -0.4 is 5.32 Å². The normalized spacial score (nSPS) is 13.8. The molecule has 0 bridgehead atoms. The van der Waals surface area contributed by atoms with Crippen LogP contribution in [0.5, 0.6) is 0 Å². The summed E-state index contributed by atoms with van der Waals surface area (Å²) in [6, 6.07) is 8.39. The maximum Gasteiger partial charge on any atom is 0.0406 e. The molecular weight excluding hydrogens is 238 g/mol. The lowest BCUT2D eigenvalue weighted by atomic mass is 10.1. The first-order valence-corrected chi connectivity index (χ1v) is 7.09. The molecule has 1 rings (SSSR count).